The molecular formula is C17H19ClN4O. The van der Waals surface area contributed by atoms with E-state index in [-0.39, 0.29) is 0 Å². The number of carbonyl (C=O) groups excluding carboxylic acids is 1. The van der Waals surface area contributed by atoms with E-state index >= 15 is 0 Å². The summed E-state index contributed by atoms with van der Waals surface area (Å²) in [6.45, 7) is 2.77. The van der Waals surface area contributed by atoms with Crippen molar-refractivity contribution < 1.29 is 4.79 Å². The second-order valence-corrected chi connectivity index (χ2v) is 6.70. The molecular weight excluding hydrogens is 312 g/mol. The number of benzene rings is 1. The average molecular weight is 331 g/mol. The van der Waals surface area contributed by atoms with Gasteiger partial charge in [-0.25, -0.2) is 9.97 Å². The molecule has 2 saturated heterocycles. The Bertz CT molecular complexity index is 742. The van der Waals surface area contributed by atoms with E-state index in [2.05, 4.69) is 19.8 Å². The fourth-order valence-electron chi connectivity index (χ4n) is 3.71. The minimum absolute atomic E-state index is 0.325. The molecule has 5 nitrogen and oxygen atoms in total. The Balaban J connectivity index is 1.53. The largest absolute Gasteiger partial charge is 0.356 e. The summed E-state index contributed by atoms with van der Waals surface area (Å²) in [6.07, 6.45) is 5.34. The zero-order valence-electron chi connectivity index (χ0n) is 12.9. The van der Waals surface area contributed by atoms with Gasteiger partial charge in [0.25, 0.3) is 0 Å². The van der Waals surface area contributed by atoms with Gasteiger partial charge < -0.3 is 9.80 Å². The van der Waals surface area contributed by atoms with E-state index < -0.39 is 0 Å². The highest BCUT2D eigenvalue weighted by Gasteiger charge is 2.31. The van der Waals surface area contributed by atoms with Crippen molar-refractivity contribution in [1.29, 1.82) is 0 Å². The fraction of sp³-hybridized carbons (Fsp3) is 0.471. The molecule has 3 heterocycles. The molecule has 2 aromatic rings. The molecule has 0 saturated carbocycles. The van der Waals surface area contributed by atoms with E-state index in [1.807, 2.05) is 18.2 Å². The second-order valence-electron chi connectivity index (χ2n) is 6.27. The second kappa shape index (κ2) is 5.96. The first-order chi connectivity index (χ1) is 11.2. The molecule has 1 amide bonds. The number of fused-ring (bicyclic) bond motifs is 1. The number of likely N-dealkylation sites (tertiary alicyclic amines) is 1. The lowest BCUT2D eigenvalue weighted by molar-refractivity contribution is -0.130. The number of hydrogen-bond donors (Lipinski definition) is 0. The third-order valence-electron chi connectivity index (χ3n) is 4.89. The van der Waals surface area contributed by atoms with Crippen LogP contribution >= 0.6 is 11.6 Å². The van der Waals surface area contributed by atoms with Gasteiger partial charge in [0.15, 0.2) is 0 Å². The van der Waals surface area contributed by atoms with Gasteiger partial charge in [-0.2, -0.15) is 0 Å². The molecule has 4 rings (SSSR count). The molecule has 2 fully saturated rings. The predicted molar refractivity (Wildman–Crippen MR) is 90.7 cm³/mol. The van der Waals surface area contributed by atoms with Gasteiger partial charge in [-0.1, -0.05) is 11.6 Å². The van der Waals surface area contributed by atoms with Gasteiger partial charge in [-0.15, -0.1) is 0 Å². The standard InChI is InChI=1S/C17H19ClN4O/c18-12-3-4-14-15(10-12)19-11-20-17(14)21-8-5-13(6-9-21)22-7-1-2-16(22)23/h3-4,10-11,13H,1-2,5-9H2. The predicted octanol–water partition coefficient (Wildman–Crippen LogP) is 2.87. The van der Waals surface area contributed by atoms with E-state index in [4.69, 9.17) is 11.6 Å². The van der Waals surface area contributed by atoms with Crippen molar-refractivity contribution in [2.45, 2.75) is 31.7 Å². The highest BCUT2D eigenvalue weighted by molar-refractivity contribution is 6.31. The van der Waals surface area contributed by atoms with Gasteiger partial charge in [-0.05, 0) is 37.5 Å². The Morgan fingerprint density at radius 1 is 1.13 bits per heavy atom. The lowest BCUT2D eigenvalue weighted by Gasteiger charge is -2.37. The van der Waals surface area contributed by atoms with E-state index in [1.54, 1.807) is 6.33 Å². The van der Waals surface area contributed by atoms with Crippen LogP contribution in [0.3, 0.4) is 0 Å². The molecule has 0 aliphatic carbocycles. The third-order valence-corrected chi connectivity index (χ3v) is 5.13. The normalized spacial score (nSPS) is 19.8. The van der Waals surface area contributed by atoms with E-state index in [0.717, 1.165) is 62.0 Å². The summed E-state index contributed by atoms with van der Waals surface area (Å²) >= 11 is 6.05. The van der Waals surface area contributed by atoms with Gasteiger partial charge in [-0.3, -0.25) is 4.79 Å². The van der Waals surface area contributed by atoms with Gasteiger partial charge >= 0.3 is 0 Å². The van der Waals surface area contributed by atoms with Crippen molar-refractivity contribution in [1.82, 2.24) is 14.9 Å². The minimum Gasteiger partial charge on any atom is -0.356 e. The molecule has 2 aliphatic heterocycles. The van der Waals surface area contributed by atoms with Crippen LogP contribution in [0.5, 0.6) is 0 Å². The van der Waals surface area contributed by atoms with Crippen LogP contribution in [0.2, 0.25) is 5.02 Å². The summed E-state index contributed by atoms with van der Waals surface area (Å²) in [6, 6.07) is 6.14. The number of carbonyl (C=O) groups is 1. The Labute approximate surface area is 140 Å². The van der Waals surface area contributed by atoms with Crippen LogP contribution < -0.4 is 4.90 Å². The quantitative estimate of drug-likeness (QED) is 0.849. The first-order valence-corrected chi connectivity index (χ1v) is 8.55. The fourth-order valence-corrected chi connectivity index (χ4v) is 3.88. The van der Waals surface area contributed by atoms with Gasteiger partial charge in [0, 0.05) is 42.5 Å². The van der Waals surface area contributed by atoms with Crippen molar-refractivity contribution in [2.75, 3.05) is 24.5 Å². The maximum Gasteiger partial charge on any atom is 0.222 e. The number of rotatable bonds is 2. The van der Waals surface area contributed by atoms with Gasteiger partial charge in [0.2, 0.25) is 5.91 Å². The Hall–Kier alpha value is -1.88. The summed E-state index contributed by atoms with van der Waals surface area (Å²) in [4.78, 5) is 25.1. The number of halogens is 1. The topological polar surface area (TPSA) is 49.3 Å². The van der Waals surface area contributed by atoms with Crippen molar-refractivity contribution in [2.24, 2.45) is 0 Å². The average Bonchev–Trinajstić information content (AvgIpc) is 3.00. The SMILES string of the molecule is O=C1CCCN1C1CCN(c2ncnc3cc(Cl)ccc23)CC1. The maximum absolute atomic E-state index is 11.9. The van der Waals surface area contributed by atoms with Crippen LogP contribution in [0.15, 0.2) is 24.5 Å². The third kappa shape index (κ3) is 2.74. The van der Waals surface area contributed by atoms with Crippen LogP contribution in [0.4, 0.5) is 5.82 Å². The minimum atomic E-state index is 0.325. The molecule has 0 N–H and O–H groups in total. The smallest absolute Gasteiger partial charge is 0.222 e. The summed E-state index contributed by atoms with van der Waals surface area (Å²) in [7, 11) is 0. The molecule has 0 bridgehead atoms. The molecule has 0 unspecified atom stereocenters. The summed E-state index contributed by atoms with van der Waals surface area (Å²) in [5.41, 5.74) is 0.874. The van der Waals surface area contributed by atoms with E-state index in [1.165, 1.54) is 0 Å². The van der Waals surface area contributed by atoms with Crippen LogP contribution in [-0.4, -0.2) is 46.5 Å². The summed E-state index contributed by atoms with van der Waals surface area (Å²) in [5.74, 6) is 1.29. The number of piperidine rings is 1. The molecule has 0 spiro atoms. The molecule has 120 valence electrons. The van der Waals surface area contributed by atoms with Crippen LogP contribution in [0.1, 0.15) is 25.7 Å². The maximum atomic E-state index is 11.9. The van der Waals surface area contributed by atoms with Crippen molar-refractivity contribution in [3.8, 4) is 0 Å². The first kappa shape index (κ1) is 14.7. The number of hydrogen-bond acceptors (Lipinski definition) is 4. The van der Waals surface area contributed by atoms with Crippen LogP contribution in [-0.2, 0) is 4.79 Å². The Morgan fingerprint density at radius 3 is 2.70 bits per heavy atom. The monoisotopic (exact) mass is 330 g/mol. The highest BCUT2D eigenvalue weighted by atomic mass is 35.5. The van der Waals surface area contributed by atoms with Crippen molar-refractivity contribution in [3.05, 3.63) is 29.5 Å². The van der Waals surface area contributed by atoms with Crippen LogP contribution in [0, 0.1) is 0 Å². The number of nitrogens with zero attached hydrogens (tertiary/aromatic N) is 4. The molecule has 0 atom stereocenters. The Kier molecular flexibility index (Phi) is 3.81. The van der Waals surface area contributed by atoms with E-state index in [9.17, 15) is 4.79 Å². The first-order valence-electron chi connectivity index (χ1n) is 8.17. The molecule has 23 heavy (non-hydrogen) atoms. The lowest BCUT2D eigenvalue weighted by atomic mass is 10.0. The number of anilines is 1. The molecule has 1 aromatic carbocycles. The van der Waals surface area contributed by atoms with E-state index in [0.29, 0.717) is 17.0 Å². The highest BCUT2D eigenvalue weighted by Crippen LogP contribution is 2.29. The zero-order valence-corrected chi connectivity index (χ0v) is 13.7. The van der Waals surface area contributed by atoms with Gasteiger partial charge in [0.05, 0.1) is 5.52 Å². The lowest BCUT2D eigenvalue weighted by Crippen LogP contribution is -2.45. The molecule has 6 heteroatoms. The zero-order chi connectivity index (χ0) is 15.8. The number of aromatic nitrogens is 2. The van der Waals surface area contributed by atoms with Crippen molar-refractivity contribution >= 4 is 34.2 Å². The van der Waals surface area contributed by atoms with Crippen molar-refractivity contribution in [3.63, 3.8) is 0 Å². The molecule has 1 aromatic heterocycles. The number of amides is 1. The Morgan fingerprint density at radius 2 is 1.96 bits per heavy atom. The van der Waals surface area contributed by atoms with Gasteiger partial charge in [0.1, 0.15) is 12.1 Å². The van der Waals surface area contributed by atoms with Crippen LogP contribution in [0.25, 0.3) is 10.9 Å². The summed E-state index contributed by atoms with van der Waals surface area (Å²) in [5, 5.41) is 1.72. The molecule has 0 radical (unpaired) electrons. The molecule has 2 aliphatic rings. The summed E-state index contributed by atoms with van der Waals surface area (Å²) < 4.78 is 0.